The second-order valence-corrected chi connectivity index (χ2v) is 5.91. The van der Waals surface area contributed by atoms with E-state index in [1.165, 1.54) is 0 Å². The third-order valence-electron chi connectivity index (χ3n) is 4.16. The summed E-state index contributed by atoms with van der Waals surface area (Å²) in [7, 11) is 0. The molecule has 1 unspecified atom stereocenters. The fourth-order valence-corrected chi connectivity index (χ4v) is 3.24. The molecule has 110 valence electrons. The Morgan fingerprint density at radius 2 is 2.29 bits per heavy atom. The van der Waals surface area contributed by atoms with E-state index in [9.17, 15) is 4.79 Å². The number of aromatic nitrogens is 1. The van der Waals surface area contributed by atoms with E-state index < -0.39 is 0 Å². The van der Waals surface area contributed by atoms with Crippen LogP contribution in [0.15, 0.2) is 36.5 Å². The Kier molecular flexibility index (Phi) is 4.39. The van der Waals surface area contributed by atoms with Crippen LogP contribution in [0.1, 0.15) is 36.0 Å². The molecular weight excluding hydrogens is 284 g/mol. The molecule has 2 heterocycles. The number of rotatable bonds is 4. The van der Waals surface area contributed by atoms with Gasteiger partial charge in [0.2, 0.25) is 0 Å². The number of likely N-dealkylation sites (tertiary alicyclic amines) is 1. The lowest BCUT2D eigenvalue weighted by atomic mass is 10.1. The van der Waals surface area contributed by atoms with Gasteiger partial charge in [0.15, 0.2) is 0 Å². The van der Waals surface area contributed by atoms with Crippen molar-refractivity contribution in [2.24, 2.45) is 0 Å². The summed E-state index contributed by atoms with van der Waals surface area (Å²) < 4.78 is 0. The van der Waals surface area contributed by atoms with Crippen molar-refractivity contribution in [2.45, 2.75) is 31.7 Å². The number of carbonyl (C=O) groups is 1. The van der Waals surface area contributed by atoms with E-state index in [1.54, 1.807) is 6.20 Å². The molecule has 1 saturated heterocycles. The van der Waals surface area contributed by atoms with Crippen LogP contribution in [0.25, 0.3) is 10.9 Å². The summed E-state index contributed by atoms with van der Waals surface area (Å²) in [5.74, 6) is 0.804. The smallest absolute Gasteiger partial charge is 0.254 e. The van der Waals surface area contributed by atoms with Crippen molar-refractivity contribution in [1.82, 2.24) is 9.88 Å². The maximum absolute atomic E-state index is 12.7. The molecular formula is C17H19ClN2O. The second kappa shape index (κ2) is 6.44. The zero-order valence-corrected chi connectivity index (χ0v) is 12.7. The molecule has 3 rings (SSSR count). The third kappa shape index (κ3) is 3.03. The van der Waals surface area contributed by atoms with Gasteiger partial charge in [0.25, 0.3) is 5.91 Å². The molecule has 0 aliphatic carbocycles. The zero-order chi connectivity index (χ0) is 14.7. The van der Waals surface area contributed by atoms with Crippen LogP contribution < -0.4 is 0 Å². The first-order valence-corrected chi connectivity index (χ1v) is 8.05. The largest absolute Gasteiger partial charge is 0.336 e. The van der Waals surface area contributed by atoms with Gasteiger partial charge in [-0.2, -0.15) is 0 Å². The maximum Gasteiger partial charge on any atom is 0.254 e. The van der Waals surface area contributed by atoms with Gasteiger partial charge in [0.05, 0.1) is 5.52 Å². The second-order valence-electron chi connectivity index (χ2n) is 5.54. The first kappa shape index (κ1) is 14.3. The number of alkyl halides is 1. The zero-order valence-electron chi connectivity index (χ0n) is 12.0. The van der Waals surface area contributed by atoms with Crippen LogP contribution >= 0.6 is 11.6 Å². The maximum atomic E-state index is 12.7. The van der Waals surface area contributed by atoms with Crippen LogP contribution in [0, 0.1) is 0 Å². The van der Waals surface area contributed by atoms with Crippen LogP contribution in [0.2, 0.25) is 0 Å². The van der Waals surface area contributed by atoms with Gasteiger partial charge in [0.1, 0.15) is 0 Å². The first-order chi connectivity index (χ1) is 10.3. The third-order valence-corrected chi connectivity index (χ3v) is 4.43. The molecule has 1 aromatic heterocycles. The van der Waals surface area contributed by atoms with Gasteiger partial charge >= 0.3 is 0 Å². The summed E-state index contributed by atoms with van der Waals surface area (Å²) in [5, 5.41) is 1.01. The minimum atomic E-state index is 0.137. The van der Waals surface area contributed by atoms with E-state index in [-0.39, 0.29) is 5.91 Å². The van der Waals surface area contributed by atoms with Crippen LogP contribution in [0.5, 0.6) is 0 Å². The van der Waals surface area contributed by atoms with Crippen molar-refractivity contribution in [3.63, 3.8) is 0 Å². The molecule has 0 spiro atoms. The molecule has 4 heteroatoms. The monoisotopic (exact) mass is 302 g/mol. The van der Waals surface area contributed by atoms with Crippen molar-refractivity contribution in [1.29, 1.82) is 0 Å². The lowest BCUT2D eigenvalue weighted by Crippen LogP contribution is -2.35. The van der Waals surface area contributed by atoms with E-state index in [4.69, 9.17) is 11.6 Å². The van der Waals surface area contributed by atoms with Gasteiger partial charge < -0.3 is 4.90 Å². The fourth-order valence-electron chi connectivity index (χ4n) is 3.09. The average Bonchev–Trinajstić information content (AvgIpc) is 3.00. The summed E-state index contributed by atoms with van der Waals surface area (Å²) >= 11 is 5.78. The van der Waals surface area contributed by atoms with Crippen molar-refractivity contribution in [3.05, 3.63) is 42.1 Å². The van der Waals surface area contributed by atoms with E-state index in [1.807, 2.05) is 35.2 Å². The van der Waals surface area contributed by atoms with E-state index in [2.05, 4.69) is 4.98 Å². The highest BCUT2D eigenvalue weighted by Gasteiger charge is 2.28. The molecule has 0 N–H and O–H groups in total. The first-order valence-electron chi connectivity index (χ1n) is 7.51. The van der Waals surface area contributed by atoms with Gasteiger partial charge in [-0.15, -0.1) is 11.6 Å². The molecule has 0 bridgehead atoms. The van der Waals surface area contributed by atoms with Crippen molar-refractivity contribution < 1.29 is 4.79 Å². The highest BCUT2D eigenvalue weighted by molar-refractivity contribution is 6.17. The number of pyridine rings is 1. The number of halogens is 1. The van der Waals surface area contributed by atoms with Crippen molar-refractivity contribution >= 4 is 28.4 Å². The van der Waals surface area contributed by atoms with Gasteiger partial charge in [-0.05, 0) is 49.9 Å². The molecule has 3 nitrogen and oxygen atoms in total. The average molecular weight is 303 g/mol. The van der Waals surface area contributed by atoms with E-state index in [0.717, 1.165) is 48.7 Å². The van der Waals surface area contributed by atoms with Gasteiger partial charge in [0, 0.05) is 35.6 Å². The van der Waals surface area contributed by atoms with Gasteiger partial charge in [-0.25, -0.2) is 0 Å². The Balaban J connectivity index is 1.82. The number of benzene rings is 1. The van der Waals surface area contributed by atoms with Crippen LogP contribution in [0.3, 0.4) is 0 Å². The number of fused-ring (bicyclic) bond motifs is 1. The molecule has 0 saturated carbocycles. The molecule has 1 amide bonds. The Bertz CT molecular complexity index is 643. The lowest BCUT2D eigenvalue weighted by Gasteiger charge is -2.24. The quantitative estimate of drug-likeness (QED) is 0.804. The van der Waals surface area contributed by atoms with Crippen LogP contribution in [0.4, 0.5) is 0 Å². The Morgan fingerprint density at radius 3 is 3.14 bits per heavy atom. The molecule has 2 aromatic rings. The van der Waals surface area contributed by atoms with Crippen molar-refractivity contribution in [2.75, 3.05) is 12.4 Å². The number of hydrogen-bond acceptors (Lipinski definition) is 2. The molecule has 1 atom stereocenters. The summed E-state index contributed by atoms with van der Waals surface area (Å²) in [6, 6.07) is 9.99. The highest BCUT2D eigenvalue weighted by atomic mass is 35.5. The summed E-state index contributed by atoms with van der Waals surface area (Å²) in [6.07, 6.45) is 5.93. The number of carbonyl (C=O) groups excluding carboxylic acids is 1. The summed E-state index contributed by atoms with van der Waals surface area (Å²) in [4.78, 5) is 19.0. The Morgan fingerprint density at radius 1 is 1.38 bits per heavy atom. The van der Waals surface area contributed by atoms with Crippen molar-refractivity contribution in [3.8, 4) is 0 Å². The summed E-state index contributed by atoms with van der Waals surface area (Å²) in [6.45, 7) is 0.858. The molecule has 21 heavy (non-hydrogen) atoms. The number of hydrogen-bond donors (Lipinski definition) is 0. The normalized spacial score (nSPS) is 18.3. The standard InChI is InChI=1S/C17H19ClN2O/c18-9-1-5-15-6-3-11-20(15)17(21)14-7-8-16-13(12-14)4-2-10-19-16/h2,4,7-8,10,12,15H,1,3,5-6,9,11H2. The minimum absolute atomic E-state index is 0.137. The Labute approximate surface area is 129 Å². The molecule has 1 aliphatic heterocycles. The van der Waals surface area contributed by atoms with Crippen LogP contribution in [-0.2, 0) is 0 Å². The molecule has 1 aromatic carbocycles. The van der Waals surface area contributed by atoms with E-state index >= 15 is 0 Å². The van der Waals surface area contributed by atoms with Crippen LogP contribution in [-0.4, -0.2) is 34.3 Å². The Hall–Kier alpha value is -1.61. The minimum Gasteiger partial charge on any atom is -0.336 e. The number of nitrogens with zero attached hydrogens (tertiary/aromatic N) is 2. The molecule has 1 aliphatic rings. The molecule has 1 fully saturated rings. The number of amides is 1. The topological polar surface area (TPSA) is 33.2 Å². The van der Waals surface area contributed by atoms with Gasteiger partial charge in [-0.3, -0.25) is 9.78 Å². The predicted octanol–water partition coefficient (Wildman–Crippen LogP) is 3.86. The van der Waals surface area contributed by atoms with E-state index in [0.29, 0.717) is 11.9 Å². The molecule has 0 radical (unpaired) electrons. The lowest BCUT2D eigenvalue weighted by molar-refractivity contribution is 0.0730. The van der Waals surface area contributed by atoms with Gasteiger partial charge in [-0.1, -0.05) is 6.07 Å². The predicted molar refractivity (Wildman–Crippen MR) is 85.8 cm³/mol. The fraction of sp³-hybridized carbons (Fsp3) is 0.412. The highest BCUT2D eigenvalue weighted by Crippen LogP contribution is 2.24. The SMILES string of the molecule is O=C(c1ccc2ncccc2c1)N1CCCC1CCCCl. The summed E-state index contributed by atoms with van der Waals surface area (Å²) in [5.41, 5.74) is 1.68.